The molecule has 2 saturated heterocycles. The number of piperazine rings is 1. The van der Waals surface area contributed by atoms with Gasteiger partial charge in [-0.25, -0.2) is 4.90 Å². The number of nitrogens with zero attached hydrogens (tertiary/aromatic N) is 3. The van der Waals surface area contributed by atoms with Crippen molar-refractivity contribution < 1.29 is 9.59 Å². The average molecular weight is 377 g/mol. The van der Waals surface area contributed by atoms with E-state index in [1.54, 1.807) is 0 Å². The van der Waals surface area contributed by atoms with E-state index in [-0.39, 0.29) is 24.3 Å². The lowest BCUT2D eigenvalue weighted by Crippen LogP contribution is -2.52. The normalized spacial score (nSPS) is 20.9. The molecule has 0 unspecified atom stereocenters. The molecule has 2 aliphatic rings. The Labute approximate surface area is 166 Å². The summed E-state index contributed by atoms with van der Waals surface area (Å²) in [7, 11) is 0. The number of hydrogen-bond acceptors (Lipinski definition) is 4. The molecule has 0 spiro atoms. The molecule has 146 valence electrons. The third-order valence-corrected chi connectivity index (χ3v) is 5.86. The molecule has 2 aromatic rings. The number of benzene rings is 2. The maximum atomic E-state index is 13.2. The van der Waals surface area contributed by atoms with Crippen LogP contribution in [-0.4, -0.2) is 48.9 Å². The molecule has 0 aromatic heterocycles. The van der Waals surface area contributed by atoms with Gasteiger partial charge in [0, 0.05) is 31.9 Å². The maximum absolute atomic E-state index is 13.2. The number of para-hydroxylation sites is 1. The molecule has 0 bridgehead atoms. The first-order chi connectivity index (χ1) is 13.5. The fourth-order valence-electron chi connectivity index (χ4n) is 4.59. The quantitative estimate of drug-likeness (QED) is 0.771. The molecule has 2 fully saturated rings. The molecule has 4 rings (SSSR count). The summed E-state index contributed by atoms with van der Waals surface area (Å²) in [5.74, 6) is -0.163. The van der Waals surface area contributed by atoms with Crippen LogP contribution in [0.1, 0.15) is 23.1 Å². The van der Waals surface area contributed by atoms with Crippen molar-refractivity contribution in [3.8, 4) is 0 Å². The second-order valence-corrected chi connectivity index (χ2v) is 7.89. The van der Waals surface area contributed by atoms with Crippen LogP contribution in [0.15, 0.2) is 42.5 Å². The Morgan fingerprint density at radius 2 is 1.46 bits per heavy atom. The summed E-state index contributed by atoms with van der Waals surface area (Å²) in [6.07, 6.45) is 0.275. The molecule has 2 heterocycles. The van der Waals surface area contributed by atoms with Crippen molar-refractivity contribution in [3.63, 3.8) is 0 Å². The van der Waals surface area contributed by atoms with Crippen molar-refractivity contribution >= 4 is 23.2 Å². The number of carbonyl (C=O) groups is 2. The number of amides is 2. The molecule has 1 atom stereocenters. The molecule has 0 radical (unpaired) electrons. The first-order valence-electron chi connectivity index (χ1n) is 9.94. The summed E-state index contributed by atoms with van der Waals surface area (Å²) >= 11 is 0. The Morgan fingerprint density at radius 3 is 2.07 bits per heavy atom. The van der Waals surface area contributed by atoms with Crippen LogP contribution in [-0.2, 0) is 9.59 Å². The van der Waals surface area contributed by atoms with Crippen molar-refractivity contribution in [2.75, 3.05) is 36.0 Å². The highest BCUT2D eigenvalue weighted by atomic mass is 16.2. The van der Waals surface area contributed by atoms with E-state index in [1.165, 1.54) is 10.6 Å². The summed E-state index contributed by atoms with van der Waals surface area (Å²) in [5.41, 5.74) is 5.09. The predicted molar refractivity (Wildman–Crippen MR) is 112 cm³/mol. The van der Waals surface area contributed by atoms with Gasteiger partial charge >= 0.3 is 0 Å². The van der Waals surface area contributed by atoms with Crippen LogP contribution in [0.25, 0.3) is 0 Å². The van der Waals surface area contributed by atoms with E-state index < -0.39 is 0 Å². The zero-order valence-corrected chi connectivity index (χ0v) is 16.8. The highest BCUT2D eigenvalue weighted by molar-refractivity contribution is 6.23. The predicted octanol–water partition coefficient (Wildman–Crippen LogP) is 3.07. The van der Waals surface area contributed by atoms with Crippen LogP contribution in [0, 0.1) is 20.8 Å². The van der Waals surface area contributed by atoms with Crippen LogP contribution >= 0.6 is 0 Å². The smallest absolute Gasteiger partial charge is 0.251 e. The molecule has 2 amide bonds. The van der Waals surface area contributed by atoms with Gasteiger partial charge in [-0.1, -0.05) is 35.9 Å². The first-order valence-corrected chi connectivity index (χ1v) is 9.94. The van der Waals surface area contributed by atoms with Crippen LogP contribution < -0.4 is 9.80 Å². The Kier molecular flexibility index (Phi) is 4.94. The summed E-state index contributed by atoms with van der Waals surface area (Å²) < 4.78 is 0. The molecule has 2 aromatic carbocycles. The SMILES string of the molecule is Cc1cc(C)c(N2C(=O)C[C@@H](N3CCN(c4ccccc4)CC3)C2=O)c(C)c1. The van der Waals surface area contributed by atoms with Crippen LogP contribution in [0.5, 0.6) is 0 Å². The highest BCUT2D eigenvalue weighted by Crippen LogP contribution is 2.32. The summed E-state index contributed by atoms with van der Waals surface area (Å²) in [5, 5.41) is 0. The zero-order chi connectivity index (χ0) is 19.8. The number of hydrogen-bond donors (Lipinski definition) is 0. The number of imide groups is 1. The first kappa shape index (κ1) is 18.7. The monoisotopic (exact) mass is 377 g/mol. The maximum Gasteiger partial charge on any atom is 0.251 e. The lowest BCUT2D eigenvalue weighted by atomic mass is 10.0. The molecule has 28 heavy (non-hydrogen) atoms. The number of carbonyl (C=O) groups excluding carboxylic acids is 2. The van der Waals surface area contributed by atoms with Gasteiger partial charge in [0.25, 0.3) is 5.91 Å². The van der Waals surface area contributed by atoms with Crippen molar-refractivity contribution in [3.05, 3.63) is 59.2 Å². The van der Waals surface area contributed by atoms with Crippen LogP contribution in [0.3, 0.4) is 0 Å². The minimum atomic E-state index is -0.342. The Bertz CT molecular complexity index is 878. The minimum absolute atomic E-state index is 0.0757. The lowest BCUT2D eigenvalue weighted by Gasteiger charge is -2.38. The van der Waals surface area contributed by atoms with Crippen molar-refractivity contribution in [2.45, 2.75) is 33.2 Å². The standard InChI is InChI=1S/C23H27N3O2/c1-16-13-17(2)22(18(3)14-16)26-21(27)15-20(23(26)28)25-11-9-24(10-12-25)19-7-5-4-6-8-19/h4-8,13-14,20H,9-12,15H2,1-3H3/t20-/m1/s1. The summed E-state index contributed by atoms with van der Waals surface area (Å²) in [6, 6.07) is 14.1. The van der Waals surface area contributed by atoms with Gasteiger partial charge in [0.1, 0.15) is 0 Å². The van der Waals surface area contributed by atoms with Gasteiger partial charge < -0.3 is 4.90 Å². The van der Waals surface area contributed by atoms with E-state index in [4.69, 9.17) is 0 Å². The second kappa shape index (κ2) is 7.40. The Hall–Kier alpha value is -2.66. The highest BCUT2D eigenvalue weighted by Gasteiger charge is 2.44. The molecule has 2 aliphatic heterocycles. The molecule has 5 nitrogen and oxygen atoms in total. The van der Waals surface area contributed by atoms with Gasteiger partial charge in [-0.15, -0.1) is 0 Å². The van der Waals surface area contributed by atoms with Gasteiger partial charge in [-0.3, -0.25) is 14.5 Å². The summed E-state index contributed by atoms with van der Waals surface area (Å²) in [6.45, 7) is 9.29. The van der Waals surface area contributed by atoms with Crippen molar-refractivity contribution in [2.24, 2.45) is 0 Å². The molecular formula is C23H27N3O2. The molecule has 0 N–H and O–H groups in total. The Morgan fingerprint density at radius 1 is 0.857 bits per heavy atom. The number of aryl methyl sites for hydroxylation is 3. The lowest BCUT2D eigenvalue weighted by molar-refractivity contribution is -0.123. The minimum Gasteiger partial charge on any atom is -0.369 e. The van der Waals surface area contributed by atoms with E-state index in [9.17, 15) is 9.59 Å². The van der Waals surface area contributed by atoms with E-state index in [2.05, 4.69) is 21.9 Å². The molecular weight excluding hydrogens is 350 g/mol. The van der Waals surface area contributed by atoms with Crippen LogP contribution in [0.2, 0.25) is 0 Å². The van der Waals surface area contributed by atoms with Crippen molar-refractivity contribution in [1.82, 2.24) is 4.90 Å². The second-order valence-electron chi connectivity index (χ2n) is 7.89. The molecule has 0 saturated carbocycles. The van der Waals surface area contributed by atoms with Gasteiger partial charge in [0.2, 0.25) is 5.91 Å². The van der Waals surface area contributed by atoms with Gasteiger partial charge in [-0.2, -0.15) is 0 Å². The van der Waals surface area contributed by atoms with Gasteiger partial charge in [0.05, 0.1) is 18.2 Å². The van der Waals surface area contributed by atoms with E-state index in [0.29, 0.717) is 0 Å². The fraction of sp³-hybridized carbons (Fsp3) is 0.391. The van der Waals surface area contributed by atoms with Crippen LogP contribution in [0.4, 0.5) is 11.4 Å². The fourth-order valence-corrected chi connectivity index (χ4v) is 4.59. The number of anilines is 2. The topological polar surface area (TPSA) is 43.9 Å². The third-order valence-electron chi connectivity index (χ3n) is 5.86. The van der Waals surface area contributed by atoms with Gasteiger partial charge in [0.15, 0.2) is 0 Å². The average Bonchev–Trinajstić information content (AvgIpc) is 2.97. The molecule has 0 aliphatic carbocycles. The molecule has 5 heteroatoms. The number of rotatable bonds is 3. The van der Waals surface area contributed by atoms with Gasteiger partial charge in [-0.05, 0) is 44.0 Å². The Balaban J connectivity index is 1.50. The summed E-state index contributed by atoms with van der Waals surface area (Å²) in [4.78, 5) is 31.9. The van der Waals surface area contributed by atoms with E-state index >= 15 is 0 Å². The van der Waals surface area contributed by atoms with Crippen molar-refractivity contribution in [1.29, 1.82) is 0 Å². The largest absolute Gasteiger partial charge is 0.369 e. The zero-order valence-electron chi connectivity index (χ0n) is 16.8. The van der Waals surface area contributed by atoms with E-state index in [1.807, 2.05) is 51.1 Å². The third kappa shape index (κ3) is 3.31. The van der Waals surface area contributed by atoms with E-state index in [0.717, 1.165) is 48.6 Å².